The first-order valence-corrected chi connectivity index (χ1v) is 5.68. The lowest BCUT2D eigenvalue weighted by Gasteiger charge is -2.16. The molecular formula is C11H13ClN2O2S. The predicted molar refractivity (Wildman–Crippen MR) is 72.4 cm³/mol. The van der Waals surface area contributed by atoms with Gasteiger partial charge in [0.15, 0.2) is 0 Å². The van der Waals surface area contributed by atoms with Crippen molar-refractivity contribution in [3.05, 3.63) is 28.8 Å². The number of hydrogen-bond acceptors (Lipinski definition) is 4. The molecule has 0 aromatic heterocycles. The van der Waals surface area contributed by atoms with Crippen LogP contribution in [0.25, 0.3) is 0 Å². The number of rotatable bonds is 4. The fraction of sp³-hybridized carbons (Fsp3) is 0.273. The SMILES string of the molecule is COC(=O)C(C)Nc1cc(Cl)ccc1C(N)=S. The molecule has 1 rings (SSSR count). The largest absolute Gasteiger partial charge is 0.467 e. The van der Waals surface area contributed by atoms with Crippen molar-refractivity contribution >= 4 is 40.5 Å². The third-order valence-corrected chi connectivity index (χ3v) is 2.63. The first-order chi connectivity index (χ1) is 7.95. The van der Waals surface area contributed by atoms with Crippen LogP contribution in [0.15, 0.2) is 18.2 Å². The van der Waals surface area contributed by atoms with Crippen molar-refractivity contribution < 1.29 is 9.53 Å². The van der Waals surface area contributed by atoms with Crippen LogP contribution in [0.2, 0.25) is 5.02 Å². The quantitative estimate of drug-likeness (QED) is 0.648. The number of methoxy groups -OCH3 is 1. The molecule has 0 aliphatic rings. The van der Waals surface area contributed by atoms with Crippen LogP contribution in [-0.2, 0) is 9.53 Å². The van der Waals surface area contributed by atoms with Gasteiger partial charge in [-0.15, -0.1) is 0 Å². The minimum absolute atomic E-state index is 0.237. The van der Waals surface area contributed by atoms with Crippen LogP contribution in [-0.4, -0.2) is 24.1 Å². The maximum atomic E-state index is 11.3. The van der Waals surface area contributed by atoms with Crippen LogP contribution in [0.1, 0.15) is 12.5 Å². The van der Waals surface area contributed by atoms with E-state index in [-0.39, 0.29) is 11.0 Å². The lowest BCUT2D eigenvalue weighted by molar-refractivity contribution is -0.141. The van der Waals surface area contributed by atoms with E-state index in [1.165, 1.54) is 7.11 Å². The second-order valence-corrected chi connectivity index (χ2v) is 4.32. The normalized spacial score (nSPS) is 11.7. The molecule has 6 heteroatoms. The molecule has 1 aromatic carbocycles. The summed E-state index contributed by atoms with van der Waals surface area (Å²) in [5.41, 5.74) is 6.83. The van der Waals surface area contributed by atoms with E-state index in [2.05, 4.69) is 10.1 Å². The summed E-state index contributed by atoms with van der Waals surface area (Å²) < 4.78 is 4.62. The topological polar surface area (TPSA) is 64.3 Å². The number of carbonyl (C=O) groups is 1. The van der Waals surface area contributed by atoms with Crippen LogP contribution >= 0.6 is 23.8 Å². The Morgan fingerprint density at radius 2 is 2.24 bits per heavy atom. The Hall–Kier alpha value is -1.33. The Kier molecular flexibility index (Phi) is 4.72. The zero-order valence-electron chi connectivity index (χ0n) is 9.49. The number of esters is 1. The van der Waals surface area contributed by atoms with Gasteiger partial charge in [-0.3, -0.25) is 0 Å². The number of nitrogens with two attached hydrogens (primary N) is 1. The molecule has 0 fully saturated rings. The Balaban J connectivity index is 3.00. The fourth-order valence-electron chi connectivity index (χ4n) is 1.32. The van der Waals surface area contributed by atoms with Gasteiger partial charge in [0, 0.05) is 16.3 Å². The van der Waals surface area contributed by atoms with E-state index in [0.29, 0.717) is 16.3 Å². The summed E-state index contributed by atoms with van der Waals surface area (Å²) in [5, 5.41) is 3.49. The van der Waals surface area contributed by atoms with Gasteiger partial charge in [-0.1, -0.05) is 23.8 Å². The van der Waals surface area contributed by atoms with Crippen LogP contribution < -0.4 is 11.1 Å². The van der Waals surface area contributed by atoms with E-state index in [9.17, 15) is 4.79 Å². The van der Waals surface area contributed by atoms with Gasteiger partial charge < -0.3 is 15.8 Å². The maximum absolute atomic E-state index is 11.3. The maximum Gasteiger partial charge on any atom is 0.327 e. The summed E-state index contributed by atoms with van der Waals surface area (Å²) in [6, 6.07) is 4.54. The molecule has 0 radical (unpaired) electrons. The number of benzene rings is 1. The number of nitrogens with one attached hydrogen (secondary N) is 1. The zero-order chi connectivity index (χ0) is 13.0. The summed E-state index contributed by atoms with van der Waals surface area (Å²) in [7, 11) is 1.33. The average molecular weight is 273 g/mol. The molecule has 92 valence electrons. The lowest BCUT2D eigenvalue weighted by Crippen LogP contribution is -2.28. The van der Waals surface area contributed by atoms with Crippen molar-refractivity contribution in [3.63, 3.8) is 0 Å². The van der Waals surface area contributed by atoms with Crippen molar-refractivity contribution in [1.82, 2.24) is 0 Å². The zero-order valence-corrected chi connectivity index (χ0v) is 11.1. The third kappa shape index (κ3) is 3.57. The summed E-state index contributed by atoms with van der Waals surface area (Å²) in [6.45, 7) is 1.68. The molecule has 0 spiro atoms. The third-order valence-electron chi connectivity index (χ3n) is 2.17. The molecule has 0 aliphatic carbocycles. The van der Waals surface area contributed by atoms with Crippen LogP contribution in [0.5, 0.6) is 0 Å². The first kappa shape index (κ1) is 13.7. The molecule has 0 saturated carbocycles. The number of halogens is 1. The van der Waals surface area contributed by atoms with Crippen molar-refractivity contribution in [1.29, 1.82) is 0 Å². The van der Waals surface area contributed by atoms with Gasteiger partial charge in [0.05, 0.1) is 7.11 Å². The van der Waals surface area contributed by atoms with E-state index in [0.717, 1.165) is 0 Å². The molecule has 0 saturated heterocycles. The smallest absolute Gasteiger partial charge is 0.327 e. The molecule has 3 N–H and O–H groups in total. The molecule has 1 aromatic rings. The molecule has 4 nitrogen and oxygen atoms in total. The highest BCUT2D eigenvalue weighted by molar-refractivity contribution is 7.80. The summed E-state index contributed by atoms with van der Waals surface area (Å²) in [4.78, 5) is 11.5. The number of ether oxygens (including phenoxy) is 1. The molecule has 0 amide bonds. The minimum Gasteiger partial charge on any atom is -0.467 e. The lowest BCUT2D eigenvalue weighted by atomic mass is 10.1. The first-order valence-electron chi connectivity index (χ1n) is 4.89. The minimum atomic E-state index is -0.508. The average Bonchev–Trinajstić information content (AvgIpc) is 2.27. The van der Waals surface area contributed by atoms with Crippen molar-refractivity contribution in [2.45, 2.75) is 13.0 Å². The van der Waals surface area contributed by atoms with Crippen molar-refractivity contribution in [3.8, 4) is 0 Å². The van der Waals surface area contributed by atoms with Gasteiger partial charge in [0.1, 0.15) is 11.0 Å². The highest BCUT2D eigenvalue weighted by Crippen LogP contribution is 2.22. The Morgan fingerprint density at radius 1 is 1.59 bits per heavy atom. The van der Waals surface area contributed by atoms with E-state index in [4.69, 9.17) is 29.6 Å². The van der Waals surface area contributed by atoms with Gasteiger partial charge in [-0.05, 0) is 25.1 Å². The van der Waals surface area contributed by atoms with Crippen molar-refractivity contribution in [2.24, 2.45) is 5.73 Å². The Morgan fingerprint density at radius 3 is 2.76 bits per heavy atom. The Labute approximate surface area is 110 Å². The van der Waals surface area contributed by atoms with Crippen LogP contribution in [0, 0.1) is 0 Å². The highest BCUT2D eigenvalue weighted by atomic mass is 35.5. The molecule has 1 atom stereocenters. The van der Waals surface area contributed by atoms with E-state index in [1.54, 1.807) is 25.1 Å². The van der Waals surface area contributed by atoms with E-state index in [1.807, 2.05) is 0 Å². The number of thiocarbonyl (C=S) groups is 1. The summed E-state index contributed by atoms with van der Waals surface area (Å²) in [6.07, 6.45) is 0. The number of carbonyl (C=O) groups excluding carboxylic acids is 1. The fourth-order valence-corrected chi connectivity index (χ4v) is 1.67. The van der Waals surface area contributed by atoms with Gasteiger partial charge in [-0.2, -0.15) is 0 Å². The van der Waals surface area contributed by atoms with Gasteiger partial charge in [0.25, 0.3) is 0 Å². The highest BCUT2D eigenvalue weighted by Gasteiger charge is 2.15. The van der Waals surface area contributed by atoms with Crippen LogP contribution in [0.3, 0.4) is 0 Å². The summed E-state index contributed by atoms with van der Waals surface area (Å²) in [5.74, 6) is -0.376. The number of hydrogen-bond donors (Lipinski definition) is 2. The second kappa shape index (κ2) is 5.84. The monoisotopic (exact) mass is 272 g/mol. The molecular weight excluding hydrogens is 260 g/mol. The Bertz CT molecular complexity index is 451. The molecule has 0 bridgehead atoms. The van der Waals surface area contributed by atoms with E-state index >= 15 is 0 Å². The van der Waals surface area contributed by atoms with Crippen molar-refractivity contribution in [2.75, 3.05) is 12.4 Å². The van der Waals surface area contributed by atoms with Gasteiger partial charge in [0.2, 0.25) is 0 Å². The van der Waals surface area contributed by atoms with E-state index < -0.39 is 6.04 Å². The van der Waals surface area contributed by atoms with Gasteiger partial charge >= 0.3 is 5.97 Å². The number of anilines is 1. The predicted octanol–water partition coefficient (Wildman–Crippen LogP) is 1.95. The second-order valence-electron chi connectivity index (χ2n) is 3.44. The molecule has 0 aliphatic heterocycles. The molecule has 0 heterocycles. The molecule has 1 unspecified atom stereocenters. The summed E-state index contributed by atoms with van der Waals surface area (Å²) >= 11 is 10.8. The van der Waals surface area contributed by atoms with Gasteiger partial charge in [-0.25, -0.2) is 4.79 Å². The van der Waals surface area contributed by atoms with Crippen LogP contribution in [0.4, 0.5) is 5.69 Å². The standard InChI is InChI=1S/C11H13ClN2O2S/c1-6(11(15)16-2)14-9-5-7(12)3-4-8(9)10(13)17/h3-6,14H,1-2H3,(H2,13,17). The molecule has 17 heavy (non-hydrogen) atoms.